The molecular weight excluding hydrogens is 352 g/mol. The van der Waals surface area contributed by atoms with E-state index in [9.17, 15) is 4.79 Å². The van der Waals surface area contributed by atoms with Crippen molar-refractivity contribution in [1.82, 2.24) is 10.2 Å². The molecule has 2 atom stereocenters. The first-order chi connectivity index (χ1) is 12.5. The minimum absolute atomic E-state index is 0.0106. The molecule has 0 radical (unpaired) electrons. The van der Waals surface area contributed by atoms with Crippen LogP contribution in [0, 0.1) is 0 Å². The van der Waals surface area contributed by atoms with Crippen LogP contribution in [0.25, 0.3) is 0 Å². The lowest BCUT2D eigenvalue weighted by molar-refractivity contribution is -0.0396. The predicted octanol–water partition coefficient (Wildman–Crippen LogP) is 3.20. The molecule has 2 aromatic carbocycles. The molecule has 0 aromatic heterocycles. The van der Waals surface area contributed by atoms with Crippen LogP contribution in [-0.4, -0.2) is 48.8 Å². The van der Waals surface area contributed by atoms with Gasteiger partial charge in [-0.05, 0) is 42.4 Å². The van der Waals surface area contributed by atoms with E-state index in [4.69, 9.17) is 21.4 Å². The third-order valence-electron chi connectivity index (χ3n) is 4.60. The van der Waals surface area contributed by atoms with Gasteiger partial charge in [0.05, 0.1) is 24.3 Å². The average molecular weight is 375 g/mol. The molecule has 2 unspecified atom stereocenters. The maximum Gasteiger partial charge on any atom is 0.335 e. The fourth-order valence-corrected chi connectivity index (χ4v) is 3.31. The molecule has 26 heavy (non-hydrogen) atoms. The quantitative estimate of drug-likeness (QED) is 0.813. The number of nitrogens with zero attached hydrogens (tertiary/aromatic N) is 1. The van der Waals surface area contributed by atoms with E-state index in [-0.39, 0.29) is 12.1 Å². The zero-order valence-corrected chi connectivity index (χ0v) is 15.4. The average Bonchev–Trinajstić information content (AvgIpc) is 2.63. The van der Waals surface area contributed by atoms with E-state index in [0.29, 0.717) is 23.7 Å². The molecule has 1 aliphatic rings. The van der Waals surface area contributed by atoms with Gasteiger partial charge in [-0.15, -0.1) is 0 Å². The smallest absolute Gasteiger partial charge is 0.335 e. The molecule has 0 bridgehead atoms. The topological polar surface area (TPSA) is 61.8 Å². The number of halogens is 1. The van der Waals surface area contributed by atoms with Gasteiger partial charge in [0.1, 0.15) is 0 Å². The Morgan fingerprint density at radius 1 is 1.35 bits per heavy atom. The molecule has 0 saturated carbocycles. The molecule has 1 aliphatic heterocycles. The summed E-state index contributed by atoms with van der Waals surface area (Å²) in [6.07, 6.45) is 0.0116. The summed E-state index contributed by atoms with van der Waals surface area (Å²) >= 11 is 6.03. The van der Waals surface area contributed by atoms with Gasteiger partial charge >= 0.3 is 5.97 Å². The van der Waals surface area contributed by atoms with Crippen LogP contribution >= 0.6 is 11.6 Å². The standard InChI is InChI=1S/C20H23ClN2O3/c1-23-9-10-26-18(13-23)19(15-5-7-17(21)8-6-15)22-12-14-3-2-4-16(11-14)20(24)25/h2-8,11,18-19,22H,9-10,12-13H2,1H3,(H,24,25). The van der Waals surface area contributed by atoms with Crippen LogP contribution in [0.5, 0.6) is 0 Å². The van der Waals surface area contributed by atoms with E-state index in [1.165, 1.54) is 0 Å². The molecule has 0 amide bonds. The van der Waals surface area contributed by atoms with Crippen molar-refractivity contribution in [2.24, 2.45) is 0 Å². The van der Waals surface area contributed by atoms with Crippen molar-refractivity contribution in [3.63, 3.8) is 0 Å². The second-order valence-electron chi connectivity index (χ2n) is 6.59. The van der Waals surface area contributed by atoms with Crippen molar-refractivity contribution in [2.45, 2.75) is 18.7 Å². The number of hydrogen-bond donors (Lipinski definition) is 2. The van der Waals surface area contributed by atoms with Crippen LogP contribution in [0.15, 0.2) is 48.5 Å². The van der Waals surface area contributed by atoms with Gasteiger partial charge in [-0.1, -0.05) is 35.9 Å². The number of likely N-dealkylation sites (N-methyl/N-ethyl adjacent to an activating group) is 1. The van der Waals surface area contributed by atoms with Gasteiger partial charge in [0.2, 0.25) is 0 Å². The summed E-state index contributed by atoms with van der Waals surface area (Å²) < 4.78 is 6.01. The normalized spacial score (nSPS) is 19.2. The molecule has 0 spiro atoms. The summed E-state index contributed by atoms with van der Waals surface area (Å²) in [5, 5.41) is 13.4. The lowest BCUT2D eigenvalue weighted by Gasteiger charge is -2.36. The number of aromatic carboxylic acids is 1. The first kappa shape index (κ1) is 18.9. The second-order valence-corrected chi connectivity index (χ2v) is 7.02. The van der Waals surface area contributed by atoms with Crippen LogP contribution < -0.4 is 5.32 Å². The minimum Gasteiger partial charge on any atom is -0.478 e. The van der Waals surface area contributed by atoms with Gasteiger partial charge in [0, 0.05) is 24.7 Å². The van der Waals surface area contributed by atoms with E-state index >= 15 is 0 Å². The SMILES string of the molecule is CN1CCOC(C(NCc2cccc(C(=O)O)c2)c2ccc(Cl)cc2)C1. The number of morpholine rings is 1. The van der Waals surface area contributed by atoms with E-state index < -0.39 is 5.97 Å². The van der Waals surface area contributed by atoms with Gasteiger partial charge in [0.15, 0.2) is 0 Å². The lowest BCUT2D eigenvalue weighted by Crippen LogP contribution is -2.46. The Labute approximate surface area is 158 Å². The molecule has 3 rings (SSSR count). The summed E-state index contributed by atoms with van der Waals surface area (Å²) in [5.74, 6) is -0.918. The second kappa shape index (κ2) is 8.64. The van der Waals surface area contributed by atoms with Crippen LogP contribution in [0.3, 0.4) is 0 Å². The fraction of sp³-hybridized carbons (Fsp3) is 0.350. The zero-order chi connectivity index (χ0) is 18.5. The summed E-state index contributed by atoms with van der Waals surface area (Å²) in [6, 6.07) is 14.7. The Bertz CT molecular complexity index is 751. The van der Waals surface area contributed by atoms with Crippen molar-refractivity contribution in [3.8, 4) is 0 Å². The summed E-state index contributed by atoms with van der Waals surface area (Å²) in [4.78, 5) is 13.4. The number of carbonyl (C=O) groups is 1. The van der Waals surface area contributed by atoms with Gasteiger partial charge in [-0.2, -0.15) is 0 Å². The number of benzene rings is 2. The first-order valence-corrected chi connectivity index (χ1v) is 9.02. The van der Waals surface area contributed by atoms with Crippen LogP contribution in [0.4, 0.5) is 0 Å². The molecule has 0 aliphatic carbocycles. The fourth-order valence-electron chi connectivity index (χ4n) is 3.19. The Hall–Kier alpha value is -1.92. The number of ether oxygens (including phenoxy) is 1. The number of carboxylic acids is 1. The highest BCUT2D eigenvalue weighted by atomic mass is 35.5. The third-order valence-corrected chi connectivity index (χ3v) is 4.85. The Balaban J connectivity index is 1.78. The van der Waals surface area contributed by atoms with Crippen molar-refractivity contribution in [3.05, 3.63) is 70.2 Å². The molecule has 1 heterocycles. The molecule has 1 saturated heterocycles. The number of carboxylic acid groups (broad SMARTS) is 1. The van der Waals surface area contributed by atoms with Crippen LogP contribution in [-0.2, 0) is 11.3 Å². The number of rotatable bonds is 6. The Kier molecular flexibility index (Phi) is 6.27. The lowest BCUT2D eigenvalue weighted by atomic mass is 9.99. The van der Waals surface area contributed by atoms with Crippen molar-refractivity contribution in [2.75, 3.05) is 26.7 Å². The van der Waals surface area contributed by atoms with E-state index in [1.54, 1.807) is 18.2 Å². The van der Waals surface area contributed by atoms with E-state index in [1.807, 2.05) is 30.3 Å². The van der Waals surface area contributed by atoms with Gasteiger partial charge in [-0.25, -0.2) is 4.79 Å². The summed E-state index contributed by atoms with van der Waals surface area (Å²) in [7, 11) is 2.09. The van der Waals surface area contributed by atoms with E-state index in [0.717, 1.165) is 24.2 Å². The van der Waals surface area contributed by atoms with Crippen molar-refractivity contribution >= 4 is 17.6 Å². The molecule has 2 N–H and O–H groups in total. The van der Waals surface area contributed by atoms with Crippen molar-refractivity contribution < 1.29 is 14.6 Å². The van der Waals surface area contributed by atoms with Gasteiger partial charge < -0.3 is 20.1 Å². The minimum atomic E-state index is -0.918. The summed E-state index contributed by atoms with van der Waals surface area (Å²) in [6.45, 7) is 3.00. The third kappa shape index (κ3) is 4.83. The zero-order valence-electron chi connectivity index (χ0n) is 14.7. The first-order valence-electron chi connectivity index (χ1n) is 8.64. The van der Waals surface area contributed by atoms with Gasteiger partial charge in [0.25, 0.3) is 0 Å². The highest BCUT2D eigenvalue weighted by Crippen LogP contribution is 2.24. The Morgan fingerprint density at radius 3 is 2.81 bits per heavy atom. The predicted molar refractivity (Wildman–Crippen MR) is 102 cm³/mol. The molecule has 6 heteroatoms. The van der Waals surface area contributed by atoms with Gasteiger partial charge in [-0.3, -0.25) is 0 Å². The molecule has 138 valence electrons. The van der Waals surface area contributed by atoms with E-state index in [2.05, 4.69) is 17.3 Å². The van der Waals surface area contributed by atoms with Crippen molar-refractivity contribution in [1.29, 1.82) is 0 Å². The number of hydrogen-bond acceptors (Lipinski definition) is 4. The largest absolute Gasteiger partial charge is 0.478 e. The van der Waals surface area contributed by atoms with Crippen LogP contribution in [0.2, 0.25) is 5.02 Å². The van der Waals surface area contributed by atoms with Crippen LogP contribution in [0.1, 0.15) is 27.5 Å². The molecule has 1 fully saturated rings. The maximum atomic E-state index is 11.2. The molecular formula is C20H23ClN2O3. The molecule has 5 nitrogen and oxygen atoms in total. The highest BCUT2D eigenvalue weighted by Gasteiger charge is 2.27. The Morgan fingerprint density at radius 2 is 2.12 bits per heavy atom. The highest BCUT2D eigenvalue weighted by molar-refractivity contribution is 6.30. The summed E-state index contributed by atoms with van der Waals surface area (Å²) in [5.41, 5.74) is 2.32. The number of nitrogens with one attached hydrogen (secondary N) is 1. The maximum absolute atomic E-state index is 11.2. The monoisotopic (exact) mass is 374 g/mol. The molecule has 2 aromatic rings.